The molecule has 10 nitrogen and oxygen atoms in total. The van der Waals surface area contributed by atoms with Crippen molar-refractivity contribution in [1.82, 2.24) is 0 Å². The van der Waals surface area contributed by atoms with Gasteiger partial charge in [0.05, 0.1) is 29.1 Å². The first-order valence-electron chi connectivity index (χ1n) is 7.87. The molecule has 3 aromatic carbocycles. The second-order valence-electron chi connectivity index (χ2n) is 5.90. The van der Waals surface area contributed by atoms with Crippen molar-refractivity contribution in [3.8, 4) is 5.75 Å². The molecule has 0 unspecified atom stereocenters. The summed E-state index contributed by atoms with van der Waals surface area (Å²) in [6.45, 7) is 0. The molecule has 14 heteroatoms. The number of methoxy groups -OCH3 is 1. The van der Waals surface area contributed by atoms with Crippen LogP contribution in [-0.4, -0.2) is 92.2 Å². The Kier molecular flexibility index (Phi) is 9.66. The van der Waals surface area contributed by atoms with E-state index in [1.807, 2.05) is 0 Å². The van der Waals surface area contributed by atoms with Crippen molar-refractivity contribution in [3.63, 3.8) is 0 Å². The van der Waals surface area contributed by atoms with E-state index in [4.69, 9.17) is 10.5 Å². The third-order valence-corrected chi connectivity index (χ3v) is 5.67. The Morgan fingerprint density at radius 2 is 1.42 bits per heavy atom. The average molecular weight is 485 g/mol. The molecule has 3 rings (SSSR count). The molecule has 31 heavy (non-hydrogen) atoms. The van der Waals surface area contributed by atoms with Gasteiger partial charge in [-0.15, -0.1) is 0 Å². The monoisotopic (exact) mass is 485 g/mol. The van der Waals surface area contributed by atoms with Gasteiger partial charge in [-0.05, 0) is 41.8 Å². The van der Waals surface area contributed by atoms with Crippen LogP contribution in [0.2, 0.25) is 0 Å². The van der Waals surface area contributed by atoms with E-state index in [-0.39, 0.29) is 75.6 Å². The van der Waals surface area contributed by atoms with E-state index < -0.39 is 30.0 Å². The Balaban J connectivity index is 0.00000240. The molecule has 0 aliphatic carbocycles. The maximum absolute atomic E-state index is 11.7. The van der Waals surface area contributed by atoms with Gasteiger partial charge >= 0.3 is 59.1 Å². The van der Waals surface area contributed by atoms with Crippen molar-refractivity contribution in [2.75, 3.05) is 12.8 Å². The van der Waals surface area contributed by atoms with Crippen molar-refractivity contribution < 1.29 is 30.7 Å². The molecule has 0 aliphatic rings. The minimum atomic E-state index is -4.79. The van der Waals surface area contributed by atoms with Gasteiger partial charge in [-0.1, -0.05) is 6.07 Å². The Bertz CT molecular complexity index is 1360. The Morgan fingerprint density at radius 3 is 1.97 bits per heavy atom. The molecule has 0 fully saturated rings. The zero-order valence-electron chi connectivity index (χ0n) is 14.8. The van der Waals surface area contributed by atoms with Crippen LogP contribution >= 0.6 is 0 Å². The van der Waals surface area contributed by atoms with E-state index in [1.165, 1.54) is 25.3 Å². The van der Waals surface area contributed by atoms with E-state index in [1.54, 1.807) is 18.2 Å². The van der Waals surface area contributed by atoms with Crippen molar-refractivity contribution in [2.24, 2.45) is 10.2 Å². The average Bonchev–Trinajstić information content (AvgIpc) is 2.64. The summed E-state index contributed by atoms with van der Waals surface area (Å²) < 4.78 is 70.0. The number of fused-ring (bicyclic) bond motifs is 1. The third kappa shape index (κ3) is 6.71. The van der Waals surface area contributed by atoms with Crippen molar-refractivity contribution >= 4 is 107 Å². The van der Waals surface area contributed by atoms with Gasteiger partial charge in [0.1, 0.15) is 10.6 Å². The van der Waals surface area contributed by atoms with Gasteiger partial charge in [0.15, 0.2) is 0 Å². The number of nitrogens with two attached hydrogens (primary N) is 1. The number of anilines is 1. The molecular weight excluding hydrogens is 468 g/mol. The van der Waals surface area contributed by atoms with E-state index in [0.29, 0.717) is 23.2 Å². The second-order valence-corrected chi connectivity index (χ2v) is 8.71. The first kappa shape index (κ1) is 28.0. The van der Waals surface area contributed by atoms with Gasteiger partial charge in [0, 0.05) is 11.5 Å². The summed E-state index contributed by atoms with van der Waals surface area (Å²) in [6.07, 6.45) is 0. The van der Waals surface area contributed by atoms with Crippen LogP contribution in [0, 0.1) is 0 Å². The second kappa shape index (κ2) is 10.7. The van der Waals surface area contributed by atoms with Crippen LogP contribution in [0.1, 0.15) is 0 Å². The fourth-order valence-electron chi connectivity index (χ4n) is 2.59. The van der Waals surface area contributed by atoms with Crippen molar-refractivity contribution in [3.05, 3.63) is 48.5 Å². The predicted molar refractivity (Wildman–Crippen MR) is 119 cm³/mol. The molecule has 4 N–H and O–H groups in total. The standard InChI is InChI=1S/C17H15N3O7S2.2Na.2H/c1-27-16-8-12(4-5-15(16)18)20-19-11-3-2-10-6-13(28(21,22)23)9-17(14(10)7-11)29(24,25)26;;;;/h2-9H,18H2,1H3,(H,21,22,23)(H,24,25,26);;;;/b20-19+;;;;. The molecule has 156 valence electrons. The molecule has 0 saturated heterocycles. The van der Waals surface area contributed by atoms with Gasteiger partial charge in [-0.2, -0.15) is 27.1 Å². The number of ether oxygens (including phenoxy) is 1. The van der Waals surface area contributed by atoms with E-state index in [9.17, 15) is 25.9 Å². The summed E-state index contributed by atoms with van der Waals surface area (Å²) in [7, 11) is -8.02. The van der Waals surface area contributed by atoms with Crippen LogP contribution < -0.4 is 10.5 Å². The fraction of sp³-hybridized carbons (Fsp3) is 0.0588. The summed E-state index contributed by atoms with van der Waals surface area (Å²) in [5.41, 5.74) is 6.81. The summed E-state index contributed by atoms with van der Waals surface area (Å²) in [5, 5.41) is 8.19. The Hall–Kier alpha value is -1.06. The number of nitrogens with zero attached hydrogens (tertiary/aromatic N) is 2. The number of hydrogen-bond donors (Lipinski definition) is 3. The molecule has 0 bridgehead atoms. The first-order valence-corrected chi connectivity index (χ1v) is 10.7. The molecule has 0 atom stereocenters. The number of rotatable bonds is 5. The summed E-state index contributed by atoms with van der Waals surface area (Å²) in [6, 6.07) is 10.6. The van der Waals surface area contributed by atoms with Crippen molar-refractivity contribution in [2.45, 2.75) is 9.79 Å². The summed E-state index contributed by atoms with van der Waals surface area (Å²) in [4.78, 5) is -1.35. The number of nitrogen functional groups attached to an aromatic ring is 1. The normalized spacial score (nSPS) is 11.7. The van der Waals surface area contributed by atoms with E-state index in [2.05, 4.69) is 10.2 Å². The predicted octanol–water partition coefficient (Wildman–Crippen LogP) is 2.04. The molecule has 0 amide bonds. The van der Waals surface area contributed by atoms with Gasteiger partial charge < -0.3 is 10.5 Å². The number of azo groups is 1. The zero-order valence-corrected chi connectivity index (χ0v) is 16.5. The molecular formula is C17H17N3Na2O7S2. The van der Waals surface area contributed by atoms with Crippen molar-refractivity contribution in [1.29, 1.82) is 0 Å². The van der Waals surface area contributed by atoms with E-state index in [0.717, 1.165) is 6.07 Å². The molecule has 0 aliphatic heterocycles. The SMILES string of the molecule is COc1cc(/N=N/c2ccc3cc(S(=O)(=O)O)cc(S(=O)(=O)O)c3c2)ccc1N.[NaH].[NaH]. The molecule has 0 saturated carbocycles. The fourth-order valence-corrected chi connectivity index (χ4v) is 3.94. The van der Waals surface area contributed by atoms with Gasteiger partial charge in [0.25, 0.3) is 20.2 Å². The van der Waals surface area contributed by atoms with Gasteiger partial charge in [0.2, 0.25) is 0 Å². The number of hydrogen-bond acceptors (Lipinski definition) is 8. The van der Waals surface area contributed by atoms with E-state index >= 15 is 0 Å². The molecule has 0 radical (unpaired) electrons. The topological polar surface area (TPSA) is 169 Å². The summed E-state index contributed by atoms with van der Waals surface area (Å²) in [5.74, 6) is 0.409. The molecule has 0 aromatic heterocycles. The maximum atomic E-state index is 11.7. The first-order chi connectivity index (χ1) is 13.5. The number of benzene rings is 3. The van der Waals surface area contributed by atoms with Crippen LogP contribution in [0.5, 0.6) is 5.75 Å². The van der Waals surface area contributed by atoms with Crippen LogP contribution in [0.4, 0.5) is 17.1 Å². The Labute approximate surface area is 223 Å². The minimum absolute atomic E-state index is 0. The third-order valence-electron chi connectivity index (χ3n) is 3.95. The van der Waals surface area contributed by atoms with Crippen LogP contribution in [0.15, 0.2) is 68.6 Å². The molecule has 0 heterocycles. The quantitative estimate of drug-likeness (QED) is 0.213. The molecule has 3 aromatic rings. The van der Waals surface area contributed by atoms with Crippen LogP contribution in [-0.2, 0) is 20.2 Å². The Morgan fingerprint density at radius 1 is 0.839 bits per heavy atom. The summed E-state index contributed by atoms with van der Waals surface area (Å²) >= 11 is 0. The van der Waals surface area contributed by atoms with Crippen LogP contribution in [0.3, 0.4) is 0 Å². The van der Waals surface area contributed by atoms with Crippen LogP contribution in [0.25, 0.3) is 10.8 Å². The zero-order chi connectivity index (χ0) is 21.4. The van der Waals surface area contributed by atoms with Gasteiger partial charge in [-0.3, -0.25) is 9.11 Å². The molecule has 0 spiro atoms. The van der Waals surface area contributed by atoms with Gasteiger partial charge in [-0.25, -0.2) is 0 Å².